The molecular weight excluding hydrogens is 456 g/mol. The fraction of sp³-hybridized carbons (Fsp3) is 0.409. The molecule has 2 nitrogen and oxygen atoms in total. The van der Waals surface area contributed by atoms with E-state index in [1.54, 1.807) is 0 Å². The van der Waals surface area contributed by atoms with Crippen molar-refractivity contribution in [1.29, 1.82) is 0 Å². The fourth-order valence-corrected chi connectivity index (χ4v) is 3.07. The van der Waals surface area contributed by atoms with Gasteiger partial charge in [0.05, 0.1) is 0 Å². The number of aromatic hydroxyl groups is 1. The molecule has 0 radical (unpaired) electrons. The molecule has 2 aromatic carbocycles. The van der Waals surface area contributed by atoms with Gasteiger partial charge in [-0.05, 0) is 30.9 Å². The first-order chi connectivity index (χ1) is 12.8. The molecule has 0 heterocycles. The Hall–Kier alpha value is -0.627. The molecule has 0 aliphatic carbocycles. The zero-order chi connectivity index (χ0) is 20.4. The maximum atomic E-state index is 10.9. The van der Waals surface area contributed by atoms with Crippen molar-refractivity contribution in [3.63, 3.8) is 0 Å². The van der Waals surface area contributed by atoms with E-state index in [4.69, 9.17) is 17.0 Å². The van der Waals surface area contributed by atoms with Crippen molar-refractivity contribution in [2.75, 3.05) is 0 Å². The van der Waals surface area contributed by atoms with Crippen LogP contribution in [0.1, 0.15) is 62.8 Å². The SMILES string of the molecule is CCC(CC)N=Cc1c(C)ccc(C(C)(C)c2ccccc2)c1O.[Cl][Zr][Cl]. The molecule has 2 rings (SSSR count). The van der Waals surface area contributed by atoms with E-state index >= 15 is 0 Å². The average molecular weight is 486 g/mol. The number of phenolic OH excluding ortho intramolecular Hbond substituents is 1. The molecule has 0 aromatic heterocycles. The van der Waals surface area contributed by atoms with Gasteiger partial charge in [-0.1, -0.05) is 70.2 Å². The van der Waals surface area contributed by atoms with Crippen LogP contribution in [0.4, 0.5) is 0 Å². The van der Waals surface area contributed by atoms with Crippen LogP contribution >= 0.6 is 17.0 Å². The van der Waals surface area contributed by atoms with E-state index in [0.717, 1.165) is 29.5 Å². The summed E-state index contributed by atoms with van der Waals surface area (Å²) < 4.78 is 0. The number of aliphatic imine (C=N–C) groups is 1. The van der Waals surface area contributed by atoms with Gasteiger partial charge in [0.25, 0.3) is 0 Å². The number of benzene rings is 2. The summed E-state index contributed by atoms with van der Waals surface area (Å²) in [5.41, 5.74) is 3.74. The Kier molecular flexibility index (Phi) is 10.9. The molecule has 0 aliphatic rings. The number of hydrogen-bond donors (Lipinski definition) is 1. The van der Waals surface area contributed by atoms with Crippen molar-refractivity contribution in [3.8, 4) is 5.75 Å². The van der Waals surface area contributed by atoms with Crippen LogP contribution in [0.25, 0.3) is 0 Å². The van der Waals surface area contributed by atoms with Gasteiger partial charge in [0, 0.05) is 28.8 Å². The Morgan fingerprint density at radius 2 is 1.63 bits per heavy atom. The topological polar surface area (TPSA) is 32.6 Å². The summed E-state index contributed by atoms with van der Waals surface area (Å²) in [5, 5.41) is 10.9. The van der Waals surface area contributed by atoms with Crippen LogP contribution < -0.4 is 0 Å². The number of aryl methyl sites for hydroxylation is 1. The standard InChI is InChI=1S/C22H29NO.2ClH.Zr/c1-6-18(7-2)23-15-19-16(3)13-14-20(21(19)24)22(4,5)17-11-9-8-10-12-17;;;/h8-15,18,24H,6-7H2,1-5H3;2*1H;/q;;;+2/p-2. The summed E-state index contributed by atoms with van der Waals surface area (Å²) >= 11 is -0.826. The van der Waals surface area contributed by atoms with Crippen LogP contribution in [0.2, 0.25) is 0 Å². The van der Waals surface area contributed by atoms with Crippen LogP contribution in [0.3, 0.4) is 0 Å². The van der Waals surface area contributed by atoms with Gasteiger partial charge in [-0.25, -0.2) is 0 Å². The Morgan fingerprint density at radius 3 is 2.15 bits per heavy atom. The molecular formula is C22H29Cl2NOZr. The zero-order valence-electron chi connectivity index (χ0n) is 16.8. The molecule has 0 spiro atoms. The van der Waals surface area contributed by atoms with E-state index in [0.29, 0.717) is 11.8 Å². The van der Waals surface area contributed by atoms with E-state index in [1.165, 1.54) is 5.56 Å². The number of halogens is 2. The molecule has 0 aliphatic heterocycles. The number of hydrogen-bond acceptors (Lipinski definition) is 2. The van der Waals surface area contributed by atoms with E-state index in [9.17, 15) is 5.11 Å². The van der Waals surface area contributed by atoms with Crippen molar-refractivity contribution in [2.24, 2.45) is 4.99 Å². The summed E-state index contributed by atoms with van der Waals surface area (Å²) in [5.74, 6) is 0.346. The molecule has 5 heteroatoms. The molecule has 0 saturated heterocycles. The van der Waals surface area contributed by atoms with Crippen molar-refractivity contribution >= 4 is 23.2 Å². The van der Waals surface area contributed by atoms with E-state index in [-0.39, 0.29) is 5.41 Å². The van der Waals surface area contributed by atoms with Crippen LogP contribution in [-0.2, 0) is 26.3 Å². The van der Waals surface area contributed by atoms with Crippen LogP contribution in [0, 0.1) is 6.92 Å². The molecule has 0 unspecified atom stereocenters. The second-order valence-corrected chi connectivity index (χ2v) is 10.7. The Labute approximate surface area is 182 Å². The third kappa shape index (κ3) is 6.73. The number of nitrogens with zero attached hydrogens (tertiary/aromatic N) is 1. The first-order valence-electron chi connectivity index (χ1n) is 9.21. The molecule has 2 aromatic rings. The second-order valence-electron chi connectivity index (χ2n) is 7.00. The summed E-state index contributed by atoms with van der Waals surface area (Å²) in [4.78, 5) is 4.66. The molecule has 0 bridgehead atoms. The van der Waals surface area contributed by atoms with Crippen LogP contribution in [-0.4, -0.2) is 17.4 Å². The molecule has 146 valence electrons. The Balaban J connectivity index is 0.00000114. The van der Waals surface area contributed by atoms with Crippen LogP contribution in [0.5, 0.6) is 5.75 Å². The minimum atomic E-state index is -0.826. The van der Waals surface area contributed by atoms with Gasteiger partial charge in [0.1, 0.15) is 5.75 Å². The van der Waals surface area contributed by atoms with Gasteiger partial charge in [0.2, 0.25) is 0 Å². The third-order valence-corrected chi connectivity index (χ3v) is 4.96. The Bertz CT molecular complexity index is 729. The molecule has 0 atom stereocenters. The number of phenols is 1. The quantitative estimate of drug-likeness (QED) is 0.439. The van der Waals surface area contributed by atoms with E-state index in [1.807, 2.05) is 37.4 Å². The predicted molar refractivity (Wildman–Crippen MR) is 115 cm³/mol. The summed E-state index contributed by atoms with van der Waals surface area (Å²) in [6.07, 6.45) is 3.89. The molecule has 1 N–H and O–H groups in total. The summed E-state index contributed by atoms with van der Waals surface area (Å²) in [6.45, 7) is 10.6. The summed E-state index contributed by atoms with van der Waals surface area (Å²) in [6, 6.07) is 14.7. The first kappa shape index (κ1) is 24.4. The van der Waals surface area contributed by atoms with Gasteiger partial charge in [-0.15, -0.1) is 0 Å². The normalized spacial score (nSPS) is 11.4. The molecule has 27 heavy (non-hydrogen) atoms. The van der Waals surface area contributed by atoms with Crippen LogP contribution in [0.15, 0.2) is 47.5 Å². The number of rotatable bonds is 6. The Morgan fingerprint density at radius 1 is 1.07 bits per heavy atom. The molecule has 0 saturated carbocycles. The predicted octanol–water partition coefficient (Wildman–Crippen LogP) is 7.01. The van der Waals surface area contributed by atoms with Gasteiger partial charge in [-0.3, -0.25) is 4.99 Å². The molecule has 0 amide bonds. The maximum absolute atomic E-state index is 10.9. The van der Waals surface area contributed by atoms with Crippen molar-refractivity contribution < 1.29 is 26.0 Å². The van der Waals surface area contributed by atoms with Crippen molar-refractivity contribution in [1.82, 2.24) is 0 Å². The van der Waals surface area contributed by atoms with Crippen molar-refractivity contribution in [3.05, 3.63) is 64.7 Å². The fourth-order valence-electron chi connectivity index (χ4n) is 3.07. The van der Waals surface area contributed by atoms with Crippen molar-refractivity contribution in [2.45, 2.75) is 58.9 Å². The van der Waals surface area contributed by atoms with Gasteiger partial charge < -0.3 is 5.11 Å². The average Bonchev–Trinajstić information content (AvgIpc) is 2.66. The van der Waals surface area contributed by atoms with Gasteiger partial charge in [0.15, 0.2) is 0 Å². The van der Waals surface area contributed by atoms with Gasteiger partial charge in [-0.2, -0.15) is 0 Å². The first-order valence-corrected chi connectivity index (χ1v) is 15.5. The third-order valence-electron chi connectivity index (χ3n) is 4.96. The van der Waals surface area contributed by atoms with Gasteiger partial charge >= 0.3 is 37.9 Å². The molecule has 0 fully saturated rings. The minimum absolute atomic E-state index is 0.267. The van der Waals surface area contributed by atoms with E-state index < -0.39 is 20.8 Å². The zero-order valence-corrected chi connectivity index (χ0v) is 20.7. The monoisotopic (exact) mass is 483 g/mol. The second kappa shape index (κ2) is 12.0. The summed E-state index contributed by atoms with van der Waals surface area (Å²) in [7, 11) is 9.87. The van der Waals surface area contributed by atoms with E-state index in [2.05, 4.69) is 50.9 Å².